The van der Waals surface area contributed by atoms with Crippen molar-refractivity contribution in [1.82, 2.24) is 9.97 Å². The predicted molar refractivity (Wildman–Crippen MR) is 96.8 cm³/mol. The molecule has 11 heteroatoms. The van der Waals surface area contributed by atoms with E-state index in [1.54, 1.807) is 23.5 Å². The van der Waals surface area contributed by atoms with E-state index in [0.717, 1.165) is 56.3 Å². The van der Waals surface area contributed by atoms with E-state index < -0.39 is 0 Å². The minimum atomic E-state index is 0. The minimum Gasteiger partial charge on any atom is -0.459 e. The van der Waals surface area contributed by atoms with E-state index in [2.05, 4.69) is 30.3 Å². The van der Waals surface area contributed by atoms with Crippen LogP contribution in [0.1, 0.15) is 0 Å². The molecule has 0 unspecified atom stereocenters. The molecule has 1 saturated heterocycles. The van der Waals surface area contributed by atoms with Crippen LogP contribution in [0.2, 0.25) is 0 Å². The second kappa shape index (κ2) is 8.00. The Morgan fingerprint density at radius 2 is 2.04 bits per heavy atom. The van der Waals surface area contributed by atoms with Gasteiger partial charge in [-0.2, -0.15) is 11.3 Å². The van der Waals surface area contributed by atoms with E-state index in [9.17, 15) is 0 Å². The van der Waals surface area contributed by atoms with Gasteiger partial charge in [-0.05, 0) is 28.5 Å². The molecule has 4 heterocycles. The Hall–Kier alpha value is -0.581. The first-order chi connectivity index (χ1) is 10.9. The smallest absolute Gasteiger partial charge is 0.459 e. The number of nitrogens with zero attached hydrogens (tertiary/aromatic N) is 6. The van der Waals surface area contributed by atoms with Crippen molar-refractivity contribution in [3.8, 4) is 11.4 Å². The molecule has 0 aliphatic carbocycles. The van der Waals surface area contributed by atoms with E-state index >= 15 is 0 Å². The Balaban J connectivity index is 0.00000156. The fraction of sp³-hybridized carbons (Fsp3) is 0.333. The van der Waals surface area contributed by atoms with Crippen molar-refractivity contribution in [1.29, 1.82) is 0 Å². The van der Waals surface area contributed by atoms with Gasteiger partial charge in [0.05, 0.1) is 10.9 Å². The first-order valence-electron chi connectivity index (χ1n) is 6.56. The Morgan fingerprint density at radius 3 is 2.83 bits per heavy atom. The molecule has 0 atom stereocenters. The number of thioether (sulfide) groups is 2. The third-order valence-electron chi connectivity index (χ3n) is 2.77. The van der Waals surface area contributed by atoms with Gasteiger partial charge in [0.25, 0.3) is 0 Å². The molecule has 2 aliphatic heterocycles. The Kier molecular flexibility index (Phi) is 6.00. The summed E-state index contributed by atoms with van der Waals surface area (Å²) in [6, 6.07) is 0. The van der Waals surface area contributed by atoms with Gasteiger partial charge in [0, 0.05) is 22.5 Å². The molecule has 2 aromatic heterocycles. The van der Waals surface area contributed by atoms with Crippen LogP contribution in [0.5, 0.6) is 0 Å². The van der Waals surface area contributed by atoms with Gasteiger partial charge in [-0.15, -0.1) is 34.9 Å². The first kappa shape index (κ1) is 17.2. The van der Waals surface area contributed by atoms with Crippen LogP contribution < -0.4 is 9.79 Å². The topological polar surface area (TPSA) is 78.2 Å². The summed E-state index contributed by atoms with van der Waals surface area (Å²) in [6.07, 6.45) is 0. The van der Waals surface area contributed by atoms with Gasteiger partial charge in [-0.3, -0.25) is 4.99 Å². The zero-order valence-corrected chi connectivity index (χ0v) is 15.8. The molecule has 2 aromatic rings. The van der Waals surface area contributed by atoms with Crippen LogP contribution in [0, 0.1) is 0 Å². The third kappa shape index (κ3) is 4.28. The van der Waals surface area contributed by atoms with E-state index in [1.807, 2.05) is 10.8 Å². The zero-order chi connectivity index (χ0) is 14.8. The van der Waals surface area contributed by atoms with Gasteiger partial charge in [0.1, 0.15) is 5.13 Å². The van der Waals surface area contributed by atoms with Crippen LogP contribution in [0.4, 0.5) is 5.13 Å². The number of thiazole rings is 2. The zero-order valence-electron chi connectivity index (χ0n) is 11.6. The maximum absolute atomic E-state index is 4.51. The quantitative estimate of drug-likeness (QED) is 0.687. The summed E-state index contributed by atoms with van der Waals surface area (Å²) >= 11 is 6.36. The summed E-state index contributed by atoms with van der Waals surface area (Å²) < 4.78 is 0. The van der Waals surface area contributed by atoms with Crippen LogP contribution in [-0.4, -0.2) is 39.9 Å². The van der Waals surface area contributed by atoms with Crippen LogP contribution in [0.25, 0.3) is 16.7 Å². The normalized spacial score (nSPS) is 19.7. The second-order valence-electron chi connectivity index (χ2n) is 4.28. The fourth-order valence-corrected chi connectivity index (χ4v) is 4.69. The summed E-state index contributed by atoms with van der Waals surface area (Å²) in [5.74, 6) is 2.02. The van der Waals surface area contributed by atoms with Crippen LogP contribution in [0.15, 0.2) is 25.7 Å². The van der Waals surface area contributed by atoms with Crippen molar-refractivity contribution in [3.63, 3.8) is 0 Å². The van der Waals surface area contributed by atoms with E-state index in [-0.39, 0.29) is 17.1 Å². The van der Waals surface area contributed by atoms with Crippen LogP contribution in [0.3, 0.4) is 0 Å². The molecule has 23 heavy (non-hydrogen) atoms. The van der Waals surface area contributed by atoms with Gasteiger partial charge < -0.3 is 20.3 Å². The van der Waals surface area contributed by atoms with Crippen molar-refractivity contribution >= 4 is 61.7 Å². The monoisotopic (exact) mass is 429 g/mol. The largest absolute Gasteiger partial charge is 2.00 e. The Bertz CT molecular complexity index is 796. The number of hydrogen-bond acceptors (Lipinski definition) is 8. The summed E-state index contributed by atoms with van der Waals surface area (Å²) in [5.41, 5.74) is 1.68. The van der Waals surface area contributed by atoms with Crippen molar-refractivity contribution in [2.24, 2.45) is 15.0 Å². The fourth-order valence-electron chi connectivity index (χ4n) is 1.81. The summed E-state index contributed by atoms with van der Waals surface area (Å²) in [6.45, 7) is 1.70. The van der Waals surface area contributed by atoms with Crippen LogP contribution >= 0.6 is 46.2 Å². The Labute approximate surface area is 159 Å². The van der Waals surface area contributed by atoms with E-state index in [0.29, 0.717) is 0 Å². The second-order valence-corrected chi connectivity index (χ2v) is 8.08. The number of hydrogen-bond donors (Lipinski definition) is 0. The number of rotatable bonds is 2. The van der Waals surface area contributed by atoms with Crippen LogP contribution in [-0.2, 0) is 17.1 Å². The number of aliphatic imine (C=N–C) groups is 2. The van der Waals surface area contributed by atoms with Crippen molar-refractivity contribution < 1.29 is 17.1 Å². The molecule has 6 nitrogen and oxygen atoms in total. The number of aromatic nitrogens is 2. The molecular formula is C12H10CuN6S4. The van der Waals surface area contributed by atoms with Crippen molar-refractivity contribution in [3.05, 3.63) is 20.9 Å². The van der Waals surface area contributed by atoms with Gasteiger partial charge in [0.15, 0.2) is 0 Å². The summed E-state index contributed by atoms with van der Waals surface area (Å²) in [7, 11) is 0. The molecule has 1 fully saturated rings. The average Bonchev–Trinajstić information content (AvgIpc) is 3.27. The van der Waals surface area contributed by atoms with Crippen molar-refractivity contribution in [2.75, 3.05) is 24.6 Å². The van der Waals surface area contributed by atoms with Gasteiger partial charge in [-0.25, -0.2) is 4.98 Å². The van der Waals surface area contributed by atoms with E-state index in [1.165, 1.54) is 22.7 Å². The average molecular weight is 430 g/mol. The Morgan fingerprint density at radius 1 is 1.09 bits per heavy atom. The molecule has 2 aliphatic rings. The van der Waals surface area contributed by atoms with Gasteiger partial charge in [-0.1, -0.05) is 0 Å². The molecule has 0 bridgehead atoms. The minimum absolute atomic E-state index is 0. The summed E-state index contributed by atoms with van der Waals surface area (Å²) in [4.78, 5) is 23.0. The van der Waals surface area contributed by atoms with Gasteiger partial charge >= 0.3 is 17.1 Å². The van der Waals surface area contributed by atoms with E-state index in [4.69, 9.17) is 0 Å². The third-order valence-corrected chi connectivity index (χ3v) is 5.97. The SMILES string of the molecule is [Cu+2].c1sc(/N=C2\[N-]CCS2)nc1-c1cs/c(=N/C2=NCCS2)[n-]1. The first-order valence-corrected chi connectivity index (χ1v) is 10.3. The molecule has 0 amide bonds. The summed E-state index contributed by atoms with van der Waals surface area (Å²) in [5, 5.41) is 10.6. The molecule has 0 aromatic carbocycles. The van der Waals surface area contributed by atoms with Gasteiger partial charge in [0.2, 0.25) is 0 Å². The molecule has 123 valence electrons. The maximum atomic E-state index is 4.51. The molecule has 0 spiro atoms. The molecular weight excluding hydrogens is 420 g/mol. The molecule has 4 rings (SSSR count). The maximum Gasteiger partial charge on any atom is 2.00 e. The molecule has 0 N–H and O–H groups in total. The number of amidine groups is 2. The standard InChI is InChI=1S/C12H10N6S4.Cu/c1-3-19-9(13-1)17-11-15-7(5-21-11)8-6-22-12(16-8)18-10-14-2-4-20-10;/h5-6H,1-4H2;/q-2;+2. The molecule has 1 radical (unpaired) electrons. The van der Waals surface area contributed by atoms with Crippen molar-refractivity contribution in [2.45, 2.75) is 0 Å². The predicted octanol–water partition coefficient (Wildman–Crippen LogP) is 2.94. The molecule has 0 saturated carbocycles.